The molecule has 4 rings (SSSR count). The van der Waals surface area contributed by atoms with Crippen molar-refractivity contribution in [3.63, 3.8) is 0 Å². The van der Waals surface area contributed by atoms with E-state index in [9.17, 15) is 0 Å². The molecule has 0 atom stereocenters. The number of nitrogens with one attached hydrogen (secondary N) is 2. The fourth-order valence-corrected chi connectivity index (χ4v) is 3.24. The first kappa shape index (κ1) is 16.2. The van der Waals surface area contributed by atoms with Crippen LogP contribution in [0, 0.1) is 0 Å². The Bertz CT molecular complexity index is 969. The average Bonchev–Trinajstić information content (AvgIpc) is 3.20. The van der Waals surface area contributed by atoms with Gasteiger partial charge in [0.15, 0.2) is 0 Å². The van der Waals surface area contributed by atoms with Gasteiger partial charge in [0.2, 0.25) is 0 Å². The van der Waals surface area contributed by atoms with Crippen LogP contribution >= 0.6 is 23.2 Å². The lowest BCUT2D eigenvalue weighted by Gasteiger charge is -2.01. The summed E-state index contributed by atoms with van der Waals surface area (Å²) in [6, 6.07) is 17.2. The minimum atomic E-state index is 0.587. The smallest absolute Gasteiger partial charge is 0.134 e. The second kappa shape index (κ2) is 6.92. The molecule has 2 heterocycles. The molecule has 0 fully saturated rings. The van der Waals surface area contributed by atoms with E-state index in [0.29, 0.717) is 23.1 Å². The first-order chi connectivity index (χ1) is 12.2. The molecule has 0 spiro atoms. The molecule has 6 heteroatoms. The zero-order valence-electron chi connectivity index (χ0n) is 13.2. The Morgan fingerprint density at radius 3 is 2.56 bits per heavy atom. The topological polar surface area (TPSA) is 53.9 Å². The lowest BCUT2D eigenvalue weighted by Crippen LogP contribution is -2.13. The molecule has 0 unspecified atom stereocenters. The van der Waals surface area contributed by atoms with E-state index < -0.39 is 0 Å². The minimum Gasteiger partial charge on any atom is -0.460 e. The van der Waals surface area contributed by atoms with Crippen molar-refractivity contribution < 1.29 is 4.42 Å². The van der Waals surface area contributed by atoms with Gasteiger partial charge in [-0.1, -0.05) is 35.3 Å². The van der Waals surface area contributed by atoms with Gasteiger partial charge in [-0.3, -0.25) is 0 Å². The van der Waals surface area contributed by atoms with Crippen molar-refractivity contribution in [1.29, 1.82) is 0 Å². The van der Waals surface area contributed by atoms with Gasteiger partial charge in [0.1, 0.15) is 17.3 Å². The van der Waals surface area contributed by atoms with Crippen LogP contribution in [0.4, 0.5) is 0 Å². The summed E-state index contributed by atoms with van der Waals surface area (Å²) in [4.78, 5) is 7.83. The van der Waals surface area contributed by atoms with Crippen LogP contribution in [0.25, 0.3) is 22.4 Å². The van der Waals surface area contributed by atoms with Gasteiger partial charge in [0.25, 0.3) is 0 Å². The van der Waals surface area contributed by atoms with E-state index in [1.54, 1.807) is 6.07 Å². The monoisotopic (exact) mass is 371 g/mol. The van der Waals surface area contributed by atoms with E-state index in [-0.39, 0.29) is 0 Å². The van der Waals surface area contributed by atoms with Gasteiger partial charge in [-0.25, -0.2) is 4.98 Å². The number of halogens is 2. The molecule has 0 bridgehead atoms. The van der Waals surface area contributed by atoms with Gasteiger partial charge < -0.3 is 14.7 Å². The Morgan fingerprint density at radius 2 is 1.76 bits per heavy atom. The number of fused-ring (bicyclic) bond motifs is 1. The quantitative estimate of drug-likeness (QED) is 0.492. The van der Waals surface area contributed by atoms with Crippen molar-refractivity contribution in [3.05, 3.63) is 76.2 Å². The van der Waals surface area contributed by atoms with Crippen LogP contribution in [0.2, 0.25) is 10.0 Å². The SMILES string of the molecule is Clc1cc(Cl)cc(-c2ccc(CNCc3nc4ccccc4[nH]3)o2)c1. The van der Waals surface area contributed by atoms with E-state index in [4.69, 9.17) is 27.6 Å². The number of hydrogen-bond acceptors (Lipinski definition) is 3. The molecule has 0 amide bonds. The van der Waals surface area contributed by atoms with Gasteiger partial charge in [-0.15, -0.1) is 0 Å². The molecule has 0 aliphatic heterocycles. The van der Waals surface area contributed by atoms with Gasteiger partial charge in [0, 0.05) is 15.6 Å². The second-order valence-electron chi connectivity index (χ2n) is 5.73. The van der Waals surface area contributed by atoms with Crippen molar-refractivity contribution >= 4 is 34.2 Å². The maximum absolute atomic E-state index is 6.04. The molecule has 0 saturated carbocycles. The molecule has 2 N–H and O–H groups in total. The number of hydrogen-bond donors (Lipinski definition) is 2. The molecule has 0 saturated heterocycles. The standard InChI is InChI=1S/C19H15Cl2N3O/c20-13-7-12(8-14(21)9-13)18-6-5-15(25-18)10-22-11-19-23-16-3-1-2-4-17(16)24-19/h1-9,22H,10-11H2,(H,23,24). The van der Waals surface area contributed by atoms with E-state index in [1.807, 2.05) is 48.5 Å². The van der Waals surface area contributed by atoms with Crippen molar-refractivity contribution in [2.75, 3.05) is 0 Å². The van der Waals surface area contributed by atoms with Gasteiger partial charge in [-0.2, -0.15) is 0 Å². The average molecular weight is 372 g/mol. The normalized spacial score (nSPS) is 11.3. The summed E-state index contributed by atoms with van der Waals surface area (Å²) >= 11 is 12.1. The highest BCUT2D eigenvalue weighted by atomic mass is 35.5. The largest absolute Gasteiger partial charge is 0.460 e. The summed E-state index contributed by atoms with van der Waals surface area (Å²) in [5.41, 5.74) is 2.87. The molecule has 0 aliphatic carbocycles. The molecular formula is C19H15Cl2N3O. The third kappa shape index (κ3) is 3.71. The van der Waals surface area contributed by atoms with E-state index in [0.717, 1.165) is 33.9 Å². The summed E-state index contributed by atoms with van der Waals surface area (Å²) in [5, 5.41) is 4.50. The van der Waals surface area contributed by atoms with Crippen LogP contribution in [-0.2, 0) is 13.1 Å². The Hall–Kier alpha value is -2.27. The highest BCUT2D eigenvalue weighted by Crippen LogP contribution is 2.28. The van der Waals surface area contributed by atoms with Crippen LogP contribution in [-0.4, -0.2) is 9.97 Å². The zero-order valence-corrected chi connectivity index (χ0v) is 14.7. The number of H-pyrrole nitrogens is 1. The number of benzene rings is 2. The van der Waals surface area contributed by atoms with E-state index in [1.165, 1.54) is 0 Å². The fraction of sp³-hybridized carbons (Fsp3) is 0.105. The lowest BCUT2D eigenvalue weighted by molar-refractivity contribution is 0.491. The van der Waals surface area contributed by atoms with Crippen molar-refractivity contribution in [1.82, 2.24) is 15.3 Å². The van der Waals surface area contributed by atoms with Crippen LogP contribution in [0.5, 0.6) is 0 Å². The van der Waals surface area contributed by atoms with Gasteiger partial charge >= 0.3 is 0 Å². The number of para-hydroxylation sites is 2. The molecule has 4 nitrogen and oxygen atoms in total. The molecule has 25 heavy (non-hydrogen) atoms. The number of rotatable bonds is 5. The molecule has 0 radical (unpaired) electrons. The second-order valence-corrected chi connectivity index (χ2v) is 6.60. The van der Waals surface area contributed by atoms with E-state index >= 15 is 0 Å². The lowest BCUT2D eigenvalue weighted by atomic mass is 10.2. The number of furan rings is 1. The molecule has 126 valence electrons. The molecule has 2 aromatic heterocycles. The maximum atomic E-state index is 6.04. The Morgan fingerprint density at radius 1 is 0.960 bits per heavy atom. The number of aromatic nitrogens is 2. The Labute approximate surface area is 154 Å². The fourth-order valence-electron chi connectivity index (χ4n) is 2.72. The summed E-state index contributed by atoms with van der Waals surface area (Å²) in [6.45, 7) is 1.24. The first-order valence-corrected chi connectivity index (χ1v) is 8.62. The van der Waals surface area contributed by atoms with Crippen LogP contribution < -0.4 is 5.32 Å². The maximum Gasteiger partial charge on any atom is 0.134 e. The van der Waals surface area contributed by atoms with Crippen LogP contribution in [0.1, 0.15) is 11.6 Å². The predicted molar refractivity (Wildman–Crippen MR) is 101 cm³/mol. The van der Waals surface area contributed by atoms with Crippen molar-refractivity contribution in [2.24, 2.45) is 0 Å². The Balaban J connectivity index is 1.41. The van der Waals surface area contributed by atoms with Crippen LogP contribution in [0.3, 0.4) is 0 Å². The summed E-state index contributed by atoms with van der Waals surface area (Å²) < 4.78 is 5.87. The predicted octanol–water partition coefficient (Wildman–Crippen LogP) is 5.42. The van der Waals surface area contributed by atoms with Gasteiger partial charge in [-0.05, 0) is 42.5 Å². The van der Waals surface area contributed by atoms with E-state index in [2.05, 4.69) is 15.3 Å². The first-order valence-electron chi connectivity index (χ1n) is 7.87. The minimum absolute atomic E-state index is 0.587. The number of nitrogens with zero attached hydrogens (tertiary/aromatic N) is 1. The third-order valence-corrected chi connectivity index (χ3v) is 4.28. The molecule has 4 aromatic rings. The summed E-state index contributed by atoms with van der Waals surface area (Å²) in [6.07, 6.45) is 0. The van der Waals surface area contributed by atoms with Gasteiger partial charge in [0.05, 0.1) is 24.1 Å². The molecule has 0 aliphatic rings. The highest BCUT2D eigenvalue weighted by Gasteiger charge is 2.07. The number of aromatic amines is 1. The van der Waals surface area contributed by atoms with Crippen molar-refractivity contribution in [3.8, 4) is 11.3 Å². The van der Waals surface area contributed by atoms with Crippen LogP contribution in [0.15, 0.2) is 59.0 Å². The summed E-state index contributed by atoms with van der Waals surface area (Å²) in [5.74, 6) is 2.47. The Kier molecular flexibility index (Phi) is 4.49. The zero-order chi connectivity index (χ0) is 17.2. The summed E-state index contributed by atoms with van der Waals surface area (Å²) in [7, 11) is 0. The molecule has 2 aromatic carbocycles. The number of imidazole rings is 1. The van der Waals surface area contributed by atoms with Crippen molar-refractivity contribution in [2.45, 2.75) is 13.1 Å². The third-order valence-electron chi connectivity index (χ3n) is 3.84. The molecular weight excluding hydrogens is 357 g/mol. The highest BCUT2D eigenvalue weighted by molar-refractivity contribution is 6.35.